The van der Waals surface area contributed by atoms with Gasteiger partial charge < -0.3 is 15.2 Å². The first-order chi connectivity index (χ1) is 13.1. The Hall–Kier alpha value is -3.44. The van der Waals surface area contributed by atoms with E-state index in [1.807, 2.05) is 48.5 Å². The summed E-state index contributed by atoms with van der Waals surface area (Å²) in [4.78, 5) is 36.7. The number of fused-ring (bicyclic) bond motifs is 3. The Morgan fingerprint density at radius 2 is 1.70 bits per heavy atom. The van der Waals surface area contributed by atoms with Crippen molar-refractivity contribution in [3.8, 4) is 11.1 Å². The average Bonchev–Trinajstić information content (AvgIpc) is 2.99. The van der Waals surface area contributed by atoms with E-state index < -0.39 is 18.1 Å². The highest BCUT2D eigenvalue weighted by Gasteiger charge is 2.29. The number of carboxylic acids is 1. The number of nitrogens with one attached hydrogen (secondary N) is 1. The molecule has 0 heterocycles. The van der Waals surface area contributed by atoms with Crippen LogP contribution in [0.25, 0.3) is 11.1 Å². The summed E-state index contributed by atoms with van der Waals surface area (Å²) < 4.78 is 5.31. The number of aliphatic carboxylic acids is 1. The monoisotopic (exact) mass is 366 g/mol. The van der Waals surface area contributed by atoms with Crippen LogP contribution in [0.1, 0.15) is 23.5 Å². The van der Waals surface area contributed by atoms with Crippen molar-refractivity contribution in [3.63, 3.8) is 0 Å². The standard InChI is InChI=1S/C20H18N2O5/c23-12-21-10-9-18(19(24)25)22-20(26)27-11-17-15-7-3-1-5-13(15)14-6-2-4-8-16(14)17/h1-8,17-18H,9-11H2,(H,22,26)(H,24,25). The van der Waals surface area contributed by atoms with Gasteiger partial charge in [0, 0.05) is 5.92 Å². The third-order valence-electron chi connectivity index (χ3n) is 4.53. The van der Waals surface area contributed by atoms with Gasteiger partial charge >= 0.3 is 12.1 Å². The molecule has 0 saturated heterocycles. The number of rotatable bonds is 7. The van der Waals surface area contributed by atoms with Gasteiger partial charge in [-0.15, -0.1) is 0 Å². The number of carbonyl (C=O) groups is 2. The lowest BCUT2D eigenvalue weighted by Gasteiger charge is -2.17. The summed E-state index contributed by atoms with van der Waals surface area (Å²) in [6, 6.07) is 14.7. The third-order valence-corrected chi connectivity index (χ3v) is 4.53. The maximum atomic E-state index is 12.1. The minimum Gasteiger partial charge on any atom is -0.480 e. The number of isocyanates is 1. The molecule has 7 heteroatoms. The van der Waals surface area contributed by atoms with E-state index in [0.717, 1.165) is 22.3 Å². The van der Waals surface area contributed by atoms with Gasteiger partial charge in [0.1, 0.15) is 12.6 Å². The average molecular weight is 366 g/mol. The van der Waals surface area contributed by atoms with Crippen LogP contribution in [0.15, 0.2) is 53.5 Å². The van der Waals surface area contributed by atoms with Crippen LogP contribution in [0.3, 0.4) is 0 Å². The van der Waals surface area contributed by atoms with Crippen molar-refractivity contribution >= 4 is 18.1 Å². The van der Waals surface area contributed by atoms with Crippen LogP contribution in [-0.2, 0) is 14.3 Å². The molecule has 0 aromatic heterocycles. The van der Waals surface area contributed by atoms with Gasteiger partial charge in [0.15, 0.2) is 0 Å². The van der Waals surface area contributed by atoms with E-state index in [9.17, 15) is 14.4 Å². The normalized spacial score (nSPS) is 13.0. The quantitative estimate of drug-likeness (QED) is 0.579. The number of hydrogen-bond acceptors (Lipinski definition) is 5. The van der Waals surface area contributed by atoms with E-state index in [1.165, 1.54) is 6.08 Å². The van der Waals surface area contributed by atoms with Gasteiger partial charge in [-0.3, -0.25) is 0 Å². The highest BCUT2D eigenvalue weighted by molar-refractivity contribution is 5.81. The number of carboxylic acid groups (broad SMARTS) is 1. The summed E-state index contributed by atoms with van der Waals surface area (Å²) in [5.41, 5.74) is 4.36. The van der Waals surface area contributed by atoms with Crippen LogP contribution in [0.2, 0.25) is 0 Å². The molecular weight excluding hydrogens is 348 g/mol. The molecule has 3 rings (SSSR count). The number of hydrogen-bond donors (Lipinski definition) is 2. The molecule has 138 valence electrons. The van der Waals surface area contributed by atoms with Crippen molar-refractivity contribution in [3.05, 3.63) is 59.7 Å². The van der Waals surface area contributed by atoms with Gasteiger partial charge in [-0.2, -0.15) is 0 Å². The molecule has 7 nitrogen and oxygen atoms in total. The predicted molar refractivity (Wildman–Crippen MR) is 97.2 cm³/mol. The second-order valence-corrected chi connectivity index (χ2v) is 6.12. The first kappa shape index (κ1) is 18.4. The maximum absolute atomic E-state index is 12.1. The van der Waals surface area contributed by atoms with Crippen molar-refractivity contribution in [1.29, 1.82) is 0 Å². The summed E-state index contributed by atoms with van der Waals surface area (Å²) in [6.45, 7) is 0.0583. The minimum absolute atomic E-state index is 0.0191. The fraction of sp³-hybridized carbons (Fsp3) is 0.250. The highest BCUT2D eigenvalue weighted by Crippen LogP contribution is 2.44. The van der Waals surface area contributed by atoms with E-state index in [2.05, 4.69) is 10.3 Å². The van der Waals surface area contributed by atoms with Crippen LogP contribution in [0.4, 0.5) is 4.79 Å². The van der Waals surface area contributed by atoms with E-state index in [0.29, 0.717) is 0 Å². The van der Waals surface area contributed by atoms with Crippen molar-refractivity contribution < 1.29 is 24.2 Å². The first-order valence-corrected chi connectivity index (χ1v) is 8.49. The summed E-state index contributed by atoms with van der Waals surface area (Å²) in [7, 11) is 0. The molecule has 0 radical (unpaired) electrons. The molecule has 1 amide bonds. The zero-order valence-corrected chi connectivity index (χ0v) is 14.4. The Balaban J connectivity index is 1.66. The van der Waals surface area contributed by atoms with Crippen LogP contribution < -0.4 is 5.32 Å². The number of ether oxygens (including phenoxy) is 1. The fourth-order valence-electron chi connectivity index (χ4n) is 3.28. The molecule has 0 aliphatic heterocycles. The zero-order valence-electron chi connectivity index (χ0n) is 14.4. The molecular formula is C20H18N2O5. The van der Waals surface area contributed by atoms with Crippen molar-refractivity contribution in [2.75, 3.05) is 13.2 Å². The summed E-state index contributed by atoms with van der Waals surface area (Å²) in [5, 5.41) is 11.4. The van der Waals surface area contributed by atoms with Crippen LogP contribution >= 0.6 is 0 Å². The maximum Gasteiger partial charge on any atom is 0.407 e. The summed E-state index contributed by atoms with van der Waals surface area (Å²) in [5.74, 6) is -1.32. The Bertz CT molecular complexity index is 859. The minimum atomic E-state index is -1.22. The van der Waals surface area contributed by atoms with Crippen molar-refractivity contribution in [2.45, 2.75) is 18.4 Å². The second-order valence-electron chi connectivity index (χ2n) is 6.12. The molecule has 27 heavy (non-hydrogen) atoms. The lowest BCUT2D eigenvalue weighted by atomic mass is 9.98. The fourth-order valence-corrected chi connectivity index (χ4v) is 3.28. The second kappa shape index (κ2) is 8.29. The Labute approximate surface area is 155 Å². The number of carbonyl (C=O) groups excluding carboxylic acids is 2. The lowest BCUT2D eigenvalue weighted by molar-refractivity contribution is -0.139. The molecule has 0 bridgehead atoms. The van der Waals surface area contributed by atoms with Gasteiger partial charge in [-0.05, 0) is 28.7 Å². The Morgan fingerprint density at radius 1 is 1.11 bits per heavy atom. The van der Waals surface area contributed by atoms with Gasteiger partial charge in [0.05, 0.1) is 6.54 Å². The lowest BCUT2D eigenvalue weighted by Crippen LogP contribution is -2.41. The van der Waals surface area contributed by atoms with E-state index in [1.54, 1.807) is 0 Å². The van der Waals surface area contributed by atoms with Crippen LogP contribution in [0.5, 0.6) is 0 Å². The van der Waals surface area contributed by atoms with Crippen molar-refractivity contribution in [1.82, 2.24) is 5.32 Å². The highest BCUT2D eigenvalue weighted by atomic mass is 16.5. The molecule has 1 unspecified atom stereocenters. The SMILES string of the molecule is O=C=NCCC(NC(=O)OCC1c2ccccc2-c2ccccc21)C(=O)O. The topological polar surface area (TPSA) is 105 Å². The smallest absolute Gasteiger partial charge is 0.407 e. The van der Waals surface area contributed by atoms with E-state index in [4.69, 9.17) is 9.84 Å². The zero-order chi connectivity index (χ0) is 19.2. The number of aliphatic imine (C=N–C) groups is 1. The predicted octanol–water partition coefficient (Wildman–Crippen LogP) is 2.70. The van der Waals surface area contributed by atoms with Crippen LogP contribution in [0, 0.1) is 0 Å². The van der Waals surface area contributed by atoms with E-state index in [-0.39, 0.29) is 25.5 Å². The molecule has 0 spiro atoms. The van der Waals surface area contributed by atoms with Gasteiger partial charge in [0.25, 0.3) is 0 Å². The Morgan fingerprint density at radius 3 is 2.26 bits per heavy atom. The first-order valence-electron chi connectivity index (χ1n) is 8.49. The summed E-state index contributed by atoms with van der Waals surface area (Å²) >= 11 is 0. The molecule has 1 aliphatic rings. The van der Waals surface area contributed by atoms with Crippen molar-refractivity contribution in [2.24, 2.45) is 4.99 Å². The molecule has 2 N–H and O–H groups in total. The van der Waals surface area contributed by atoms with Gasteiger partial charge in [0.2, 0.25) is 6.08 Å². The van der Waals surface area contributed by atoms with Gasteiger partial charge in [-0.1, -0.05) is 48.5 Å². The summed E-state index contributed by atoms with van der Waals surface area (Å²) in [6.07, 6.45) is 0.495. The molecule has 2 aromatic carbocycles. The number of nitrogens with zero attached hydrogens (tertiary/aromatic N) is 1. The largest absolute Gasteiger partial charge is 0.480 e. The third kappa shape index (κ3) is 4.04. The molecule has 0 saturated carbocycles. The molecule has 2 aromatic rings. The Kier molecular flexibility index (Phi) is 5.64. The number of alkyl carbamates (subject to hydrolysis) is 1. The molecule has 0 fully saturated rings. The van der Waals surface area contributed by atoms with Crippen LogP contribution in [-0.4, -0.2) is 42.4 Å². The molecule has 1 aliphatic carbocycles. The molecule has 1 atom stereocenters. The number of benzene rings is 2. The van der Waals surface area contributed by atoms with E-state index >= 15 is 0 Å². The van der Waals surface area contributed by atoms with Gasteiger partial charge in [-0.25, -0.2) is 19.4 Å². The number of amides is 1.